The van der Waals surface area contributed by atoms with Crippen LogP contribution in [-0.4, -0.2) is 41.4 Å². The lowest BCUT2D eigenvalue weighted by Gasteiger charge is -2.31. The first kappa shape index (κ1) is 18.8. The van der Waals surface area contributed by atoms with E-state index in [-0.39, 0.29) is 24.3 Å². The predicted octanol–water partition coefficient (Wildman–Crippen LogP) is 3.47. The molecule has 2 aromatic rings. The molecule has 1 aliphatic rings. The minimum absolute atomic E-state index is 0.0108. The van der Waals surface area contributed by atoms with Crippen molar-refractivity contribution >= 4 is 44.2 Å². The van der Waals surface area contributed by atoms with Gasteiger partial charge in [-0.1, -0.05) is 15.9 Å². The molecule has 1 saturated heterocycles. The van der Waals surface area contributed by atoms with Crippen LogP contribution in [0.4, 0.5) is 5.13 Å². The molecule has 1 aromatic heterocycles. The van der Waals surface area contributed by atoms with Gasteiger partial charge in [-0.25, -0.2) is 4.98 Å². The number of anilines is 1. The van der Waals surface area contributed by atoms with Crippen molar-refractivity contribution in [3.05, 3.63) is 39.8 Å². The highest BCUT2D eigenvalue weighted by molar-refractivity contribution is 9.10. The smallest absolute Gasteiger partial charge is 0.260 e. The lowest BCUT2D eigenvalue weighted by Crippen LogP contribution is -2.43. The normalized spacial score (nSPS) is 14.9. The summed E-state index contributed by atoms with van der Waals surface area (Å²) in [4.78, 5) is 30.6. The minimum Gasteiger partial charge on any atom is -0.484 e. The number of hydrogen-bond donors (Lipinski definition) is 1. The topological polar surface area (TPSA) is 71.5 Å². The lowest BCUT2D eigenvalue weighted by molar-refractivity contribution is -0.136. The zero-order valence-corrected chi connectivity index (χ0v) is 16.8. The molecule has 3 rings (SSSR count). The van der Waals surface area contributed by atoms with E-state index in [1.807, 2.05) is 36.6 Å². The van der Waals surface area contributed by atoms with Crippen LogP contribution in [0.2, 0.25) is 0 Å². The summed E-state index contributed by atoms with van der Waals surface area (Å²) >= 11 is 4.79. The SMILES string of the molecule is Cc1csc(NC(=O)C2CCN(C(=O)COc3ccc(Br)cc3)CC2)n1. The van der Waals surface area contributed by atoms with Crippen LogP contribution in [-0.2, 0) is 9.59 Å². The van der Waals surface area contributed by atoms with E-state index in [4.69, 9.17) is 4.74 Å². The second kappa shape index (κ2) is 8.64. The number of benzene rings is 1. The Balaban J connectivity index is 1.43. The number of aromatic nitrogens is 1. The van der Waals surface area contributed by atoms with Gasteiger partial charge in [-0.2, -0.15) is 0 Å². The van der Waals surface area contributed by atoms with Crippen molar-refractivity contribution in [2.45, 2.75) is 19.8 Å². The Kier molecular flexibility index (Phi) is 6.26. The molecule has 0 saturated carbocycles. The molecule has 2 heterocycles. The molecule has 6 nitrogen and oxygen atoms in total. The average molecular weight is 438 g/mol. The molecule has 1 N–H and O–H groups in total. The van der Waals surface area contributed by atoms with Crippen molar-refractivity contribution in [1.29, 1.82) is 0 Å². The monoisotopic (exact) mass is 437 g/mol. The highest BCUT2D eigenvalue weighted by Crippen LogP contribution is 2.22. The van der Waals surface area contributed by atoms with Gasteiger partial charge in [0.2, 0.25) is 5.91 Å². The summed E-state index contributed by atoms with van der Waals surface area (Å²) in [5, 5.41) is 5.40. The summed E-state index contributed by atoms with van der Waals surface area (Å²) in [6, 6.07) is 7.37. The summed E-state index contributed by atoms with van der Waals surface area (Å²) < 4.78 is 6.50. The largest absolute Gasteiger partial charge is 0.484 e. The van der Waals surface area contributed by atoms with E-state index in [0.717, 1.165) is 10.2 Å². The van der Waals surface area contributed by atoms with E-state index in [2.05, 4.69) is 26.2 Å². The van der Waals surface area contributed by atoms with Crippen LogP contribution < -0.4 is 10.1 Å². The number of hydrogen-bond acceptors (Lipinski definition) is 5. The quantitative estimate of drug-likeness (QED) is 0.776. The van der Waals surface area contributed by atoms with Crippen LogP contribution in [0.5, 0.6) is 5.75 Å². The molecule has 8 heteroatoms. The molecular weight excluding hydrogens is 418 g/mol. The molecule has 26 heavy (non-hydrogen) atoms. The first-order valence-corrected chi connectivity index (χ1v) is 10.1. The third kappa shape index (κ3) is 5.04. The maximum atomic E-state index is 12.3. The fraction of sp³-hybridized carbons (Fsp3) is 0.389. The van der Waals surface area contributed by atoms with Crippen molar-refractivity contribution in [1.82, 2.24) is 9.88 Å². The number of aryl methyl sites for hydroxylation is 1. The number of thiazole rings is 1. The molecule has 0 aliphatic carbocycles. The number of nitrogens with zero attached hydrogens (tertiary/aromatic N) is 2. The van der Waals surface area contributed by atoms with E-state index in [1.54, 1.807) is 4.90 Å². The highest BCUT2D eigenvalue weighted by atomic mass is 79.9. The van der Waals surface area contributed by atoms with Gasteiger partial charge >= 0.3 is 0 Å². The molecule has 1 aliphatic heterocycles. The van der Waals surface area contributed by atoms with Gasteiger partial charge in [-0.3, -0.25) is 9.59 Å². The molecular formula is C18H20BrN3O3S. The second-order valence-electron chi connectivity index (χ2n) is 6.18. The number of nitrogens with one attached hydrogen (secondary N) is 1. The number of rotatable bonds is 5. The summed E-state index contributed by atoms with van der Waals surface area (Å²) in [7, 11) is 0. The van der Waals surface area contributed by atoms with Crippen molar-refractivity contribution in [2.24, 2.45) is 5.92 Å². The maximum absolute atomic E-state index is 12.3. The van der Waals surface area contributed by atoms with E-state index >= 15 is 0 Å². The first-order valence-electron chi connectivity index (χ1n) is 8.40. The fourth-order valence-electron chi connectivity index (χ4n) is 2.78. The summed E-state index contributed by atoms with van der Waals surface area (Å²) in [5.74, 6) is 0.505. The molecule has 2 amide bonds. The molecule has 138 valence electrons. The van der Waals surface area contributed by atoms with E-state index in [9.17, 15) is 9.59 Å². The van der Waals surface area contributed by atoms with Crippen LogP contribution in [0.1, 0.15) is 18.5 Å². The van der Waals surface area contributed by atoms with Gasteiger partial charge in [-0.05, 0) is 44.0 Å². The van der Waals surface area contributed by atoms with Crippen LogP contribution in [0.25, 0.3) is 0 Å². The lowest BCUT2D eigenvalue weighted by atomic mass is 9.96. The van der Waals surface area contributed by atoms with Crippen molar-refractivity contribution in [3.63, 3.8) is 0 Å². The summed E-state index contributed by atoms with van der Waals surface area (Å²) in [6.07, 6.45) is 1.31. The Hall–Kier alpha value is -1.93. The summed E-state index contributed by atoms with van der Waals surface area (Å²) in [6.45, 7) is 3.04. The van der Waals surface area contributed by atoms with E-state index in [1.165, 1.54) is 11.3 Å². The minimum atomic E-state index is -0.0874. The van der Waals surface area contributed by atoms with E-state index < -0.39 is 0 Å². The second-order valence-corrected chi connectivity index (χ2v) is 7.95. The first-order chi connectivity index (χ1) is 12.5. The molecule has 1 aromatic carbocycles. The Labute approximate surface area is 164 Å². The molecule has 0 spiro atoms. The van der Waals surface area contributed by atoms with Crippen molar-refractivity contribution < 1.29 is 14.3 Å². The van der Waals surface area contributed by atoms with Crippen LogP contribution in [0.3, 0.4) is 0 Å². The van der Waals surface area contributed by atoms with Gasteiger partial charge in [-0.15, -0.1) is 11.3 Å². The van der Waals surface area contributed by atoms with Gasteiger partial charge in [0.25, 0.3) is 5.91 Å². The highest BCUT2D eigenvalue weighted by Gasteiger charge is 2.27. The third-order valence-corrected chi connectivity index (χ3v) is 5.65. The molecule has 0 radical (unpaired) electrons. The Morgan fingerprint density at radius 2 is 2.00 bits per heavy atom. The average Bonchev–Trinajstić information content (AvgIpc) is 3.06. The maximum Gasteiger partial charge on any atom is 0.260 e. The molecule has 1 fully saturated rings. The number of likely N-dealkylation sites (tertiary alicyclic amines) is 1. The van der Waals surface area contributed by atoms with Gasteiger partial charge in [0, 0.05) is 28.9 Å². The third-order valence-electron chi connectivity index (χ3n) is 4.24. The van der Waals surface area contributed by atoms with E-state index in [0.29, 0.717) is 36.8 Å². The van der Waals surface area contributed by atoms with Gasteiger partial charge in [0.15, 0.2) is 11.7 Å². The number of halogens is 1. The summed E-state index contributed by atoms with van der Waals surface area (Å²) in [5.41, 5.74) is 0.900. The Bertz CT molecular complexity index is 770. The van der Waals surface area contributed by atoms with Crippen LogP contribution in [0.15, 0.2) is 34.1 Å². The number of ether oxygens (including phenoxy) is 1. The number of amides is 2. The number of carbonyl (C=O) groups is 2. The molecule has 0 bridgehead atoms. The molecule has 0 unspecified atom stereocenters. The van der Waals surface area contributed by atoms with Gasteiger partial charge < -0.3 is 15.0 Å². The predicted molar refractivity (Wildman–Crippen MR) is 104 cm³/mol. The number of piperidine rings is 1. The van der Waals surface area contributed by atoms with Crippen LogP contribution >= 0.6 is 27.3 Å². The zero-order valence-electron chi connectivity index (χ0n) is 14.4. The molecule has 0 atom stereocenters. The number of carbonyl (C=O) groups excluding carboxylic acids is 2. The van der Waals surface area contributed by atoms with Gasteiger partial charge in [0.05, 0.1) is 5.69 Å². The van der Waals surface area contributed by atoms with Crippen LogP contribution in [0, 0.1) is 12.8 Å². The Morgan fingerprint density at radius 1 is 1.31 bits per heavy atom. The van der Waals surface area contributed by atoms with Gasteiger partial charge in [0.1, 0.15) is 5.75 Å². The standard InChI is InChI=1S/C18H20BrN3O3S/c1-12-11-26-18(20-12)21-17(24)13-6-8-22(9-7-13)16(23)10-25-15-4-2-14(19)3-5-15/h2-5,11,13H,6-10H2,1H3,(H,20,21,24). The fourth-order valence-corrected chi connectivity index (χ4v) is 3.73. The zero-order chi connectivity index (χ0) is 18.5. The Morgan fingerprint density at radius 3 is 2.62 bits per heavy atom. The van der Waals surface area contributed by atoms with Crippen molar-refractivity contribution in [2.75, 3.05) is 25.0 Å². The van der Waals surface area contributed by atoms with Crippen molar-refractivity contribution in [3.8, 4) is 5.75 Å².